The van der Waals surface area contributed by atoms with Gasteiger partial charge in [-0.05, 0) is 31.2 Å². The zero-order valence-corrected chi connectivity index (χ0v) is 14.2. The number of aryl methyl sites for hydroxylation is 1. The van der Waals surface area contributed by atoms with E-state index < -0.39 is 4.92 Å². The largest absolute Gasteiger partial charge is 0.492 e. The first kappa shape index (κ1) is 18.2. The summed E-state index contributed by atoms with van der Waals surface area (Å²) in [6.45, 7) is 2.78. The fourth-order valence-electron chi connectivity index (χ4n) is 2.13. The van der Waals surface area contributed by atoms with Crippen LogP contribution in [0.1, 0.15) is 11.1 Å². The van der Waals surface area contributed by atoms with E-state index in [1.165, 1.54) is 23.1 Å². The molecule has 6 heteroatoms. The van der Waals surface area contributed by atoms with Crippen LogP contribution < -0.4 is 4.74 Å². The minimum Gasteiger partial charge on any atom is -0.492 e. The van der Waals surface area contributed by atoms with Gasteiger partial charge in [0.15, 0.2) is 0 Å². The van der Waals surface area contributed by atoms with Crippen molar-refractivity contribution in [2.75, 3.05) is 20.2 Å². The van der Waals surface area contributed by atoms with Gasteiger partial charge in [0.2, 0.25) is 5.91 Å². The molecule has 6 nitrogen and oxygen atoms in total. The summed E-state index contributed by atoms with van der Waals surface area (Å²) in [5, 5.41) is 11.0. The molecule has 0 aliphatic rings. The molecule has 0 aromatic heterocycles. The fourth-order valence-corrected chi connectivity index (χ4v) is 2.13. The summed E-state index contributed by atoms with van der Waals surface area (Å²) >= 11 is 0. The third kappa shape index (κ3) is 5.46. The minimum absolute atomic E-state index is 0.0306. The van der Waals surface area contributed by atoms with Crippen molar-refractivity contribution in [2.45, 2.75) is 6.92 Å². The highest BCUT2D eigenvalue weighted by Gasteiger charge is 2.11. The number of amides is 1. The topological polar surface area (TPSA) is 72.7 Å². The Kier molecular flexibility index (Phi) is 6.28. The number of nitro benzene ring substituents is 1. The molecule has 0 saturated carbocycles. The first-order valence-corrected chi connectivity index (χ1v) is 7.83. The first-order chi connectivity index (χ1) is 12.0. The molecule has 0 N–H and O–H groups in total. The van der Waals surface area contributed by atoms with Crippen molar-refractivity contribution in [2.24, 2.45) is 0 Å². The number of nitrogens with zero attached hydrogens (tertiary/aromatic N) is 2. The van der Waals surface area contributed by atoms with Crippen molar-refractivity contribution >= 4 is 17.7 Å². The number of rotatable bonds is 7. The van der Waals surface area contributed by atoms with Crippen LogP contribution in [0, 0.1) is 17.0 Å². The molecule has 2 aromatic rings. The molecule has 0 atom stereocenters. The van der Waals surface area contributed by atoms with Gasteiger partial charge < -0.3 is 9.64 Å². The maximum absolute atomic E-state index is 12.1. The van der Waals surface area contributed by atoms with Crippen molar-refractivity contribution in [3.8, 4) is 5.75 Å². The van der Waals surface area contributed by atoms with Crippen molar-refractivity contribution in [3.05, 3.63) is 75.8 Å². The van der Waals surface area contributed by atoms with E-state index in [9.17, 15) is 14.9 Å². The molecular weight excluding hydrogens is 320 g/mol. The molecule has 0 fully saturated rings. The summed E-state index contributed by atoms with van der Waals surface area (Å²) < 4.78 is 5.59. The van der Waals surface area contributed by atoms with Gasteiger partial charge >= 0.3 is 0 Å². The van der Waals surface area contributed by atoms with Gasteiger partial charge in [-0.3, -0.25) is 14.9 Å². The van der Waals surface area contributed by atoms with Crippen LogP contribution in [0.5, 0.6) is 5.75 Å². The second kappa shape index (κ2) is 8.63. The maximum Gasteiger partial charge on any atom is 0.276 e. The average molecular weight is 340 g/mol. The number of nitro groups is 1. The number of hydrogen-bond donors (Lipinski definition) is 0. The monoisotopic (exact) mass is 340 g/mol. The molecule has 1 amide bonds. The van der Waals surface area contributed by atoms with Gasteiger partial charge in [0.05, 0.1) is 17.0 Å². The lowest BCUT2D eigenvalue weighted by Gasteiger charge is -2.15. The van der Waals surface area contributed by atoms with E-state index in [1.54, 1.807) is 25.2 Å². The lowest BCUT2D eigenvalue weighted by molar-refractivity contribution is -0.385. The number of hydrogen-bond acceptors (Lipinski definition) is 4. The smallest absolute Gasteiger partial charge is 0.276 e. The Hall–Kier alpha value is -3.15. The molecule has 0 saturated heterocycles. The molecule has 2 rings (SSSR count). The Morgan fingerprint density at radius 2 is 1.88 bits per heavy atom. The van der Waals surface area contributed by atoms with Crippen LogP contribution in [0.2, 0.25) is 0 Å². The molecular formula is C19H20N2O4. The van der Waals surface area contributed by atoms with Crippen molar-refractivity contribution in [1.29, 1.82) is 0 Å². The van der Waals surface area contributed by atoms with E-state index >= 15 is 0 Å². The Balaban J connectivity index is 1.87. The third-order valence-corrected chi connectivity index (χ3v) is 3.63. The Morgan fingerprint density at radius 1 is 1.20 bits per heavy atom. The second-order valence-corrected chi connectivity index (χ2v) is 5.57. The predicted octanol–water partition coefficient (Wildman–Crippen LogP) is 3.45. The zero-order chi connectivity index (χ0) is 18.2. The van der Waals surface area contributed by atoms with Gasteiger partial charge in [-0.25, -0.2) is 0 Å². The van der Waals surface area contributed by atoms with Crippen LogP contribution in [0.3, 0.4) is 0 Å². The van der Waals surface area contributed by atoms with E-state index in [0.717, 1.165) is 11.3 Å². The number of benzene rings is 2. The average Bonchev–Trinajstić information content (AvgIpc) is 2.61. The fraction of sp³-hybridized carbons (Fsp3) is 0.211. The summed E-state index contributed by atoms with van der Waals surface area (Å²) in [4.78, 5) is 24.1. The van der Waals surface area contributed by atoms with Crippen LogP contribution in [0.15, 0.2) is 54.6 Å². The van der Waals surface area contributed by atoms with Crippen LogP contribution >= 0.6 is 0 Å². The summed E-state index contributed by atoms with van der Waals surface area (Å²) in [5.74, 6) is 0.507. The maximum atomic E-state index is 12.1. The first-order valence-electron chi connectivity index (χ1n) is 7.83. The van der Waals surface area contributed by atoms with Gasteiger partial charge in [-0.1, -0.05) is 29.8 Å². The minimum atomic E-state index is -0.469. The highest BCUT2D eigenvalue weighted by atomic mass is 16.6. The number of para-hydroxylation sites is 1. The van der Waals surface area contributed by atoms with Crippen LogP contribution in [-0.4, -0.2) is 35.9 Å². The summed E-state index contributed by atoms with van der Waals surface area (Å²) in [6.07, 6.45) is 2.78. The van der Waals surface area contributed by atoms with E-state index in [0.29, 0.717) is 18.7 Å². The van der Waals surface area contributed by atoms with Gasteiger partial charge in [-0.2, -0.15) is 0 Å². The molecule has 0 radical (unpaired) electrons. The summed E-state index contributed by atoms with van der Waals surface area (Å²) in [6, 6.07) is 14.0. The Bertz CT molecular complexity index is 769. The molecule has 0 aliphatic heterocycles. The number of ether oxygens (including phenoxy) is 1. The molecule has 2 aromatic carbocycles. The Morgan fingerprint density at radius 3 is 2.56 bits per heavy atom. The molecule has 0 bridgehead atoms. The predicted molar refractivity (Wildman–Crippen MR) is 96.4 cm³/mol. The van der Waals surface area contributed by atoms with Crippen molar-refractivity contribution in [1.82, 2.24) is 4.90 Å². The normalized spacial score (nSPS) is 10.6. The molecule has 0 aliphatic carbocycles. The van der Waals surface area contributed by atoms with E-state index in [2.05, 4.69) is 0 Å². The molecule has 0 unspecified atom stereocenters. The van der Waals surface area contributed by atoms with Gasteiger partial charge in [0.25, 0.3) is 5.69 Å². The Labute approximate surface area is 146 Å². The lowest BCUT2D eigenvalue weighted by Crippen LogP contribution is -2.29. The number of carbonyl (C=O) groups excluding carboxylic acids is 1. The summed E-state index contributed by atoms with van der Waals surface area (Å²) in [7, 11) is 1.66. The zero-order valence-electron chi connectivity index (χ0n) is 14.2. The lowest BCUT2D eigenvalue weighted by atomic mass is 10.1. The standard InChI is InChI=1S/C19H20N2O4/c1-15-7-10-17(11-8-15)25-14-13-20(2)19(22)12-9-16-5-3-4-6-18(16)21(23)24/h3-12H,13-14H2,1-2H3/b12-9+. The van der Waals surface area contributed by atoms with Crippen LogP contribution in [-0.2, 0) is 4.79 Å². The third-order valence-electron chi connectivity index (χ3n) is 3.63. The highest BCUT2D eigenvalue weighted by molar-refractivity contribution is 5.92. The van der Waals surface area contributed by atoms with Crippen molar-refractivity contribution < 1.29 is 14.5 Å². The second-order valence-electron chi connectivity index (χ2n) is 5.57. The highest BCUT2D eigenvalue weighted by Crippen LogP contribution is 2.19. The van der Waals surface area contributed by atoms with E-state index in [-0.39, 0.29) is 11.6 Å². The quantitative estimate of drug-likeness (QED) is 0.440. The van der Waals surface area contributed by atoms with E-state index in [1.807, 2.05) is 31.2 Å². The molecule has 0 spiro atoms. The molecule has 0 heterocycles. The molecule has 25 heavy (non-hydrogen) atoms. The van der Waals surface area contributed by atoms with E-state index in [4.69, 9.17) is 4.74 Å². The van der Waals surface area contributed by atoms with Crippen LogP contribution in [0.4, 0.5) is 5.69 Å². The van der Waals surface area contributed by atoms with Gasteiger partial charge in [-0.15, -0.1) is 0 Å². The number of carbonyl (C=O) groups is 1. The van der Waals surface area contributed by atoms with Crippen LogP contribution in [0.25, 0.3) is 6.08 Å². The SMILES string of the molecule is Cc1ccc(OCCN(C)C(=O)/C=C/c2ccccc2[N+](=O)[O-])cc1. The van der Waals surface area contributed by atoms with Gasteiger partial charge in [0.1, 0.15) is 12.4 Å². The summed E-state index contributed by atoms with van der Waals surface area (Å²) in [5.41, 5.74) is 1.52. The van der Waals surface area contributed by atoms with Gasteiger partial charge in [0, 0.05) is 19.2 Å². The van der Waals surface area contributed by atoms with Crippen molar-refractivity contribution in [3.63, 3.8) is 0 Å². The molecule has 130 valence electrons. The number of likely N-dealkylation sites (N-methyl/N-ethyl adjacent to an activating group) is 1.